The number of benzene rings is 1. The molecule has 1 atom stereocenters. The van der Waals surface area contributed by atoms with Gasteiger partial charge in [-0.1, -0.05) is 12.1 Å². The minimum Gasteiger partial charge on any atom is -0.409 e. The van der Waals surface area contributed by atoms with Crippen molar-refractivity contribution in [2.45, 2.75) is 38.8 Å². The van der Waals surface area contributed by atoms with Gasteiger partial charge in [0.05, 0.1) is 0 Å². The van der Waals surface area contributed by atoms with Gasteiger partial charge in [0.1, 0.15) is 5.82 Å². The van der Waals surface area contributed by atoms with Crippen molar-refractivity contribution < 1.29 is 14.7 Å². The average molecular weight is 283 g/mol. The molecule has 0 spiro atoms. The maximum absolute atomic E-state index is 13.5. The standard InChI is InChI=1S/C14H22FN3O2/c1-3-14(2,4-5-19)17-9-10-6-11(13(16)18-20)8-12(15)7-10/h6-8,17,19-20H,3-5,9H2,1-2H3,(H2,16,18). The fraction of sp³-hybridized carbons (Fsp3) is 0.500. The molecular formula is C14H22FN3O2. The van der Waals surface area contributed by atoms with Crippen LogP contribution in [0.4, 0.5) is 4.39 Å². The minimum atomic E-state index is -0.439. The Kier molecular flexibility index (Phi) is 5.91. The molecule has 112 valence electrons. The highest BCUT2D eigenvalue weighted by molar-refractivity contribution is 5.97. The van der Waals surface area contributed by atoms with E-state index >= 15 is 0 Å². The van der Waals surface area contributed by atoms with E-state index in [1.54, 1.807) is 6.07 Å². The molecule has 0 heterocycles. The van der Waals surface area contributed by atoms with E-state index in [1.165, 1.54) is 12.1 Å². The number of rotatable bonds is 7. The molecule has 5 N–H and O–H groups in total. The third-order valence-corrected chi connectivity index (χ3v) is 3.52. The van der Waals surface area contributed by atoms with Gasteiger partial charge in [-0.25, -0.2) is 4.39 Å². The quantitative estimate of drug-likeness (QED) is 0.264. The summed E-state index contributed by atoms with van der Waals surface area (Å²) in [6.07, 6.45) is 1.46. The Hall–Kier alpha value is -1.66. The lowest BCUT2D eigenvalue weighted by Gasteiger charge is -2.29. The van der Waals surface area contributed by atoms with Crippen LogP contribution in [0.1, 0.15) is 37.8 Å². The molecule has 0 aliphatic heterocycles. The summed E-state index contributed by atoms with van der Waals surface area (Å²) in [6.45, 7) is 4.56. The maximum atomic E-state index is 13.5. The summed E-state index contributed by atoms with van der Waals surface area (Å²) in [6, 6.07) is 4.28. The van der Waals surface area contributed by atoms with Crippen LogP contribution >= 0.6 is 0 Å². The van der Waals surface area contributed by atoms with Crippen LogP contribution in [0.25, 0.3) is 0 Å². The number of aliphatic hydroxyl groups excluding tert-OH is 1. The van der Waals surface area contributed by atoms with Crippen LogP contribution in [0, 0.1) is 5.82 Å². The third kappa shape index (κ3) is 4.47. The van der Waals surface area contributed by atoms with Crippen LogP contribution in [-0.2, 0) is 6.54 Å². The predicted molar refractivity (Wildman–Crippen MR) is 76.1 cm³/mol. The molecule has 0 amide bonds. The molecule has 1 aromatic carbocycles. The van der Waals surface area contributed by atoms with Gasteiger partial charge in [0, 0.05) is 24.3 Å². The zero-order valence-corrected chi connectivity index (χ0v) is 11.9. The van der Waals surface area contributed by atoms with Gasteiger partial charge in [-0.15, -0.1) is 0 Å². The van der Waals surface area contributed by atoms with E-state index < -0.39 is 5.82 Å². The van der Waals surface area contributed by atoms with E-state index in [0.717, 1.165) is 6.42 Å². The van der Waals surface area contributed by atoms with Crippen molar-refractivity contribution in [2.75, 3.05) is 6.61 Å². The molecule has 20 heavy (non-hydrogen) atoms. The summed E-state index contributed by atoms with van der Waals surface area (Å²) < 4.78 is 13.5. The lowest BCUT2D eigenvalue weighted by atomic mass is 9.94. The first kappa shape index (κ1) is 16.4. The molecule has 0 aliphatic rings. The maximum Gasteiger partial charge on any atom is 0.170 e. The molecule has 1 unspecified atom stereocenters. The van der Waals surface area contributed by atoms with Crippen molar-refractivity contribution in [3.05, 3.63) is 35.1 Å². The van der Waals surface area contributed by atoms with Crippen molar-refractivity contribution in [1.82, 2.24) is 5.32 Å². The summed E-state index contributed by atoms with van der Waals surface area (Å²) in [5.74, 6) is -0.564. The molecule has 0 radical (unpaired) electrons. The Morgan fingerprint density at radius 1 is 1.45 bits per heavy atom. The van der Waals surface area contributed by atoms with Crippen molar-refractivity contribution in [2.24, 2.45) is 10.9 Å². The highest BCUT2D eigenvalue weighted by atomic mass is 19.1. The smallest absolute Gasteiger partial charge is 0.170 e. The lowest BCUT2D eigenvalue weighted by molar-refractivity contribution is 0.214. The number of hydrogen-bond acceptors (Lipinski definition) is 4. The average Bonchev–Trinajstić information content (AvgIpc) is 2.44. The van der Waals surface area contributed by atoms with Crippen LogP contribution in [0.2, 0.25) is 0 Å². The lowest BCUT2D eigenvalue weighted by Crippen LogP contribution is -2.42. The molecule has 0 aromatic heterocycles. The summed E-state index contributed by atoms with van der Waals surface area (Å²) >= 11 is 0. The molecule has 0 fully saturated rings. The Morgan fingerprint density at radius 3 is 2.70 bits per heavy atom. The molecule has 6 heteroatoms. The van der Waals surface area contributed by atoms with Crippen LogP contribution in [0.5, 0.6) is 0 Å². The van der Waals surface area contributed by atoms with Crippen molar-refractivity contribution in [1.29, 1.82) is 0 Å². The third-order valence-electron chi connectivity index (χ3n) is 3.52. The number of aliphatic hydroxyl groups is 1. The normalized spacial score (nSPS) is 15.1. The molecule has 0 saturated carbocycles. The van der Waals surface area contributed by atoms with Crippen molar-refractivity contribution in [3.63, 3.8) is 0 Å². The first-order valence-electron chi connectivity index (χ1n) is 6.57. The molecule has 0 bridgehead atoms. The number of hydrogen-bond donors (Lipinski definition) is 4. The summed E-state index contributed by atoms with van der Waals surface area (Å²) in [4.78, 5) is 0. The molecule has 0 saturated heterocycles. The van der Waals surface area contributed by atoms with Gasteiger partial charge < -0.3 is 21.4 Å². The SMILES string of the molecule is CCC(C)(CCO)NCc1cc(F)cc(/C(N)=N/O)c1. The monoisotopic (exact) mass is 283 g/mol. The highest BCUT2D eigenvalue weighted by Crippen LogP contribution is 2.16. The largest absolute Gasteiger partial charge is 0.409 e. The van der Waals surface area contributed by atoms with Gasteiger partial charge in [0.2, 0.25) is 0 Å². The summed E-state index contributed by atoms with van der Waals surface area (Å²) in [7, 11) is 0. The zero-order valence-electron chi connectivity index (χ0n) is 11.9. The van der Waals surface area contributed by atoms with Gasteiger partial charge in [-0.05, 0) is 43.5 Å². The van der Waals surface area contributed by atoms with Crippen LogP contribution in [-0.4, -0.2) is 28.3 Å². The molecule has 1 aromatic rings. The van der Waals surface area contributed by atoms with Crippen LogP contribution in [0.3, 0.4) is 0 Å². The molecular weight excluding hydrogens is 261 g/mol. The Bertz CT molecular complexity index is 479. The molecule has 1 rings (SSSR count). The van der Waals surface area contributed by atoms with Crippen molar-refractivity contribution in [3.8, 4) is 0 Å². The number of nitrogens with zero attached hydrogens (tertiary/aromatic N) is 1. The van der Waals surface area contributed by atoms with Gasteiger partial charge in [0.15, 0.2) is 5.84 Å². The molecule has 5 nitrogen and oxygen atoms in total. The zero-order chi connectivity index (χ0) is 15.2. The highest BCUT2D eigenvalue weighted by Gasteiger charge is 2.20. The summed E-state index contributed by atoms with van der Waals surface area (Å²) in [5, 5.41) is 23.9. The van der Waals surface area contributed by atoms with Gasteiger partial charge in [-0.3, -0.25) is 0 Å². The van der Waals surface area contributed by atoms with E-state index in [1.807, 2.05) is 13.8 Å². The fourth-order valence-electron chi connectivity index (χ4n) is 1.91. The van der Waals surface area contributed by atoms with Gasteiger partial charge in [0.25, 0.3) is 0 Å². The second-order valence-corrected chi connectivity index (χ2v) is 5.07. The van der Waals surface area contributed by atoms with E-state index in [2.05, 4.69) is 10.5 Å². The second kappa shape index (κ2) is 7.21. The predicted octanol–water partition coefficient (Wildman–Crippen LogP) is 1.56. The van der Waals surface area contributed by atoms with E-state index in [-0.39, 0.29) is 18.0 Å². The van der Waals surface area contributed by atoms with E-state index in [9.17, 15) is 4.39 Å². The van der Waals surface area contributed by atoms with Gasteiger partial charge in [-0.2, -0.15) is 0 Å². The summed E-state index contributed by atoms with van der Waals surface area (Å²) in [5.41, 5.74) is 6.29. The van der Waals surface area contributed by atoms with Crippen LogP contribution in [0.15, 0.2) is 23.4 Å². The minimum absolute atomic E-state index is 0.0931. The molecule has 0 aliphatic carbocycles. The van der Waals surface area contributed by atoms with Crippen molar-refractivity contribution >= 4 is 5.84 Å². The Balaban J connectivity index is 2.85. The van der Waals surface area contributed by atoms with E-state index in [4.69, 9.17) is 16.0 Å². The number of nitrogens with one attached hydrogen (secondary N) is 1. The second-order valence-electron chi connectivity index (χ2n) is 5.07. The number of amidine groups is 1. The van der Waals surface area contributed by atoms with E-state index in [0.29, 0.717) is 24.1 Å². The Labute approximate surface area is 118 Å². The first-order chi connectivity index (χ1) is 9.44. The number of nitrogens with two attached hydrogens (primary N) is 1. The number of halogens is 1. The van der Waals surface area contributed by atoms with Gasteiger partial charge >= 0.3 is 0 Å². The topological polar surface area (TPSA) is 90.9 Å². The Morgan fingerprint density at radius 2 is 2.15 bits per heavy atom. The number of oxime groups is 1. The van der Waals surface area contributed by atoms with Crippen LogP contribution < -0.4 is 11.1 Å². The fourth-order valence-corrected chi connectivity index (χ4v) is 1.91. The first-order valence-corrected chi connectivity index (χ1v) is 6.57.